The first kappa shape index (κ1) is 23.0. The molecule has 0 bridgehead atoms. The van der Waals surface area contributed by atoms with Gasteiger partial charge in [-0.15, -0.1) is 0 Å². The van der Waals surface area contributed by atoms with Crippen LogP contribution in [-0.2, 0) is 4.79 Å². The molecule has 0 aliphatic rings. The molecule has 27 heavy (non-hydrogen) atoms. The summed E-state index contributed by atoms with van der Waals surface area (Å²) < 4.78 is 0. The number of urea groups is 1. The maximum absolute atomic E-state index is 12.4. The zero-order chi connectivity index (χ0) is 20.4. The van der Waals surface area contributed by atoms with Gasteiger partial charge in [-0.3, -0.25) is 9.69 Å². The molecular formula is C21H36N4O2. The van der Waals surface area contributed by atoms with E-state index in [0.717, 1.165) is 30.8 Å². The predicted molar refractivity (Wildman–Crippen MR) is 112 cm³/mol. The Bertz CT molecular complexity index is 600. The Kier molecular flexibility index (Phi) is 9.86. The zero-order valence-electron chi connectivity index (χ0n) is 17.6. The van der Waals surface area contributed by atoms with E-state index >= 15 is 0 Å². The van der Waals surface area contributed by atoms with Crippen LogP contribution in [0.2, 0.25) is 0 Å². The molecule has 0 heterocycles. The van der Waals surface area contributed by atoms with Gasteiger partial charge in [-0.1, -0.05) is 39.8 Å². The number of benzene rings is 1. The maximum atomic E-state index is 12.4. The lowest BCUT2D eigenvalue weighted by atomic mass is 10.0. The molecule has 0 saturated carbocycles. The number of amides is 3. The SMILES string of the molecule is CCN(CC)[C@@H](CNC(=O)N[C@@H](C)c1cccc(NC(C)=O)c1)CC(C)C. The number of nitrogens with one attached hydrogen (secondary N) is 3. The number of hydrogen-bond acceptors (Lipinski definition) is 3. The normalized spacial score (nSPS) is 13.3. The summed E-state index contributed by atoms with van der Waals surface area (Å²) in [6.07, 6.45) is 1.05. The standard InChI is InChI=1S/C21H36N4O2/c1-7-25(8-2)20(12-15(3)4)14-22-21(27)23-16(5)18-10-9-11-19(13-18)24-17(6)26/h9-11,13,15-16,20H,7-8,12,14H2,1-6H3,(H,24,26)(H2,22,23,27)/t16-,20+/m0/s1. The summed E-state index contributed by atoms with van der Waals surface area (Å²) in [5.74, 6) is 0.467. The van der Waals surface area contributed by atoms with Gasteiger partial charge in [0.15, 0.2) is 0 Å². The molecule has 0 aliphatic heterocycles. The van der Waals surface area contributed by atoms with Crippen molar-refractivity contribution in [1.29, 1.82) is 0 Å². The predicted octanol–water partition coefficient (Wildman–Crippen LogP) is 3.76. The molecule has 1 rings (SSSR count). The summed E-state index contributed by atoms with van der Waals surface area (Å²) in [6.45, 7) is 14.7. The van der Waals surface area contributed by atoms with E-state index in [1.165, 1.54) is 6.92 Å². The minimum Gasteiger partial charge on any atom is -0.337 e. The van der Waals surface area contributed by atoms with Crippen molar-refractivity contribution in [3.05, 3.63) is 29.8 Å². The van der Waals surface area contributed by atoms with Crippen LogP contribution in [0.3, 0.4) is 0 Å². The van der Waals surface area contributed by atoms with Crippen LogP contribution in [0.25, 0.3) is 0 Å². The van der Waals surface area contributed by atoms with Crippen LogP contribution in [0.4, 0.5) is 10.5 Å². The van der Waals surface area contributed by atoms with Crippen molar-refractivity contribution in [3.63, 3.8) is 0 Å². The Labute approximate surface area is 164 Å². The van der Waals surface area contributed by atoms with E-state index in [-0.39, 0.29) is 18.0 Å². The number of carbonyl (C=O) groups excluding carboxylic acids is 2. The van der Waals surface area contributed by atoms with E-state index in [0.29, 0.717) is 18.5 Å². The maximum Gasteiger partial charge on any atom is 0.315 e. The Hall–Kier alpha value is -2.08. The highest BCUT2D eigenvalue weighted by atomic mass is 16.2. The lowest BCUT2D eigenvalue weighted by Gasteiger charge is -2.31. The van der Waals surface area contributed by atoms with Gasteiger partial charge in [-0.2, -0.15) is 0 Å². The highest BCUT2D eigenvalue weighted by molar-refractivity contribution is 5.88. The lowest BCUT2D eigenvalue weighted by molar-refractivity contribution is -0.114. The van der Waals surface area contributed by atoms with E-state index in [2.05, 4.69) is 48.5 Å². The number of anilines is 1. The van der Waals surface area contributed by atoms with Crippen LogP contribution in [0.5, 0.6) is 0 Å². The van der Waals surface area contributed by atoms with Gasteiger partial charge < -0.3 is 16.0 Å². The molecule has 6 heteroatoms. The topological polar surface area (TPSA) is 73.5 Å². The van der Waals surface area contributed by atoms with Gasteiger partial charge >= 0.3 is 6.03 Å². The number of nitrogens with zero attached hydrogens (tertiary/aromatic N) is 1. The summed E-state index contributed by atoms with van der Waals surface area (Å²) in [4.78, 5) is 26.0. The third kappa shape index (κ3) is 8.43. The van der Waals surface area contributed by atoms with E-state index in [1.54, 1.807) is 0 Å². The summed E-state index contributed by atoms with van der Waals surface area (Å²) in [5, 5.41) is 8.77. The molecule has 2 atom stereocenters. The average molecular weight is 377 g/mol. The molecular weight excluding hydrogens is 340 g/mol. The Morgan fingerprint density at radius 3 is 2.33 bits per heavy atom. The Balaban J connectivity index is 2.63. The smallest absolute Gasteiger partial charge is 0.315 e. The van der Waals surface area contributed by atoms with Crippen molar-refractivity contribution in [1.82, 2.24) is 15.5 Å². The molecule has 3 N–H and O–H groups in total. The Morgan fingerprint density at radius 2 is 1.78 bits per heavy atom. The van der Waals surface area contributed by atoms with Gasteiger partial charge in [0, 0.05) is 25.2 Å². The zero-order valence-corrected chi connectivity index (χ0v) is 17.6. The summed E-state index contributed by atoms with van der Waals surface area (Å²) in [6, 6.07) is 7.53. The number of hydrogen-bond donors (Lipinski definition) is 3. The van der Waals surface area contributed by atoms with Crippen molar-refractivity contribution in [2.24, 2.45) is 5.92 Å². The molecule has 0 saturated heterocycles. The second kappa shape index (κ2) is 11.6. The number of likely N-dealkylation sites (N-methyl/N-ethyl adjacent to an activating group) is 1. The van der Waals surface area contributed by atoms with E-state index in [1.807, 2.05) is 31.2 Å². The highest BCUT2D eigenvalue weighted by Gasteiger charge is 2.18. The van der Waals surface area contributed by atoms with Crippen molar-refractivity contribution in [2.45, 2.75) is 60.0 Å². The van der Waals surface area contributed by atoms with Crippen LogP contribution in [0, 0.1) is 5.92 Å². The van der Waals surface area contributed by atoms with Crippen molar-refractivity contribution in [3.8, 4) is 0 Å². The van der Waals surface area contributed by atoms with Gasteiger partial charge in [0.1, 0.15) is 0 Å². The highest BCUT2D eigenvalue weighted by Crippen LogP contribution is 2.17. The van der Waals surface area contributed by atoms with Gasteiger partial charge in [-0.05, 0) is 50.0 Å². The largest absolute Gasteiger partial charge is 0.337 e. The van der Waals surface area contributed by atoms with Crippen molar-refractivity contribution >= 4 is 17.6 Å². The lowest BCUT2D eigenvalue weighted by Crippen LogP contribution is -2.47. The fourth-order valence-corrected chi connectivity index (χ4v) is 3.28. The molecule has 0 spiro atoms. The third-order valence-corrected chi connectivity index (χ3v) is 4.63. The first-order chi connectivity index (χ1) is 12.8. The van der Waals surface area contributed by atoms with Crippen LogP contribution < -0.4 is 16.0 Å². The molecule has 3 amide bonds. The van der Waals surface area contributed by atoms with Crippen LogP contribution in [-0.4, -0.2) is 42.5 Å². The molecule has 0 radical (unpaired) electrons. The average Bonchev–Trinajstić information content (AvgIpc) is 2.59. The van der Waals surface area contributed by atoms with Crippen molar-refractivity contribution in [2.75, 3.05) is 25.0 Å². The molecule has 0 fully saturated rings. The van der Waals surface area contributed by atoms with Crippen LogP contribution in [0.15, 0.2) is 24.3 Å². The van der Waals surface area contributed by atoms with E-state index < -0.39 is 0 Å². The van der Waals surface area contributed by atoms with Gasteiger partial charge in [0.2, 0.25) is 5.91 Å². The van der Waals surface area contributed by atoms with Gasteiger partial charge in [0.25, 0.3) is 0 Å². The summed E-state index contributed by atoms with van der Waals surface area (Å²) >= 11 is 0. The minimum atomic E-state index is -0.173. The quantitative estimate of drug-likeness (QED) is 0.582. The summed E-state index contributed by atoms with van der Waals surface area (Å²) in [5.41, 5.74) is 1.67. The van der Waals surface area contributed by atoms with Crippen LogP contribution >= 0.6 is 0 Å². The number of carbonyl (C=O) groups is 2. The van der Waals surface area contributed by atoms with Crippen molar-refractivity contribution < 1.29 is 9.59 Å². The Morgan fingerprint density at radius 1 is 1.11 bits per heavy atom. The third-order valence-electron chi connectivity index (χ3n) is 4.63. The van der Waals surface area contributed by atoms with Gasteiger partial charge in [0.05, 0.1) is 6.04 Å². The molecule has 0 aliphatic carbocycles. The van der Waals surface area contributed by atoms with Gasteiger partial charge in [-0.25, -0.2) is 4.79 Å². The fraction of sp³-hybridized carbons (Fsp3) is 0.619. The first-order valence-electron chi connectivity index (χ1n) is 9.92. The monoisotopic (exact) mass is 376 g/mol. The number of rotatable bonds is 10. The molecule has 1 aromatic rings. The molecule has 6 nitrogen and oxygen atoms in total. The molecule has 0 unspecified atom stereocenters. The second-order valence-electron chi connectivity index (χ2n) is 7.39. The summed E-state index contributed by atoms with van der Waals surface area (Å²) in [7, 11) is 0. The van der Waals surface area contributed by atoms with E-state index in [4.69, 9.17) is 0 Å². The molecule has 152 valence electrons. The van der Waals surface area contributed by atoms with E-state index in [9.17, 15) is 9.59 Å². The molecule has 1 aromatic carbocycles. The fourth-order valence-electron chi connectivity index (χ4n) is 3.28. The van der Waals surface area contributed by atoms with Crippen LogP contribution in [0.1, 0.15) is 59.6 Å². The second-order valence-corrected chi connectivity index (χ2v) is 7.39. The first-order valence-corrected chi connectivity index (χ1v) is 9.92. The minimum absolute atomic E-state index is 0.113. The molecule has 0 aromatic heterocycles.